The van der Waals surface area contributed by atoms with Gasteiger partial charge >= 0.3 is 0 Å². The normalized spacial score (nSPS) is 31.2. The summed E-state index contributed by atoms with van der Waals surface area (Å²) in [6.45, 7) is 3.43. The Bertz CT molecular complexity index is 83.3. The lowest BCUT2D eigenvalue weighted by atomic mass is 10.1. The van der Waals surface area contributed by atoms with E-state index in [1.165, 1.54) is 38.6 Å². The molecular weight excluding hydrogens is 142 g/mol. The Labute approximate surface area is 69.3 Å². The van der Waals surface area contributed by atoms with Crippen molar-refractivity contribution in [2.45, 2.75) is 45.1 Å². The van der Waals surface area contributed by atoms with Crippen LogP contribution in [0.15, 0.2) is 0 Å². The number of hydrogen-bond acceptors (Lipinski definition) is 2. The monoisotopic (exact) mass is 159 g/mol. The molecule has 60 valence electrons. The van der Waals surface area contributed by atoms with Gasteiger partial charge in [-0.3, -0.25) is 4.31 Å². The van der Waals surface area contributed by atoms with Crippen molar-refractivity contribution in [1.29, 1.82) is 0 Å². The van der Waals surface area contributed by atoms with Gasteiger partial charge in [-0.15, -0.1) is 0 Å². The predicted molar refractivity (Wildman–Crippen MR) is 48.2 cm³/mol. The van der Waals surface area contributed by atoms with Crippen LogP contribution in [0, 0.1) is 0 Å². The fourth-order valence-corrected chi connectivity index (χ4v) is 1.69. The van der Waals surface area contributed by atoms with Gasteiger partial charge in [0.2, 0.25) is 0 Å². The maximum Gasteiger partial charge on any atom is 0.0171 e. The Kier molecular flexibility index (Phi) is 3.57. The van der Waals surface area contributed by atoms with E-state index in [2.05, 4.69) is 24.0 Å². The van der Waals surface area contributed by atoms with Gasteiger partial charge in [-0.25, -0.2) is 0 Å². The first-order chi connectivity index (χ1) is 4.80. The first kappa shape index (κ1) is 8.41. The lowest BCUT2D eigenvalue weighted by Crippen LogP contribution is -2.26. The van der Waals surface area contributed by atoms with Gasteiger partial charge in [0.25, 0.3) is 0 Å². The number of rotatable bonds is 0. The van der Waals surface area contributed by atoms with Crippen LogP contribution < -0.4 is 0 Å². The van der Waals surface area contributed by atoms with Crippen LogP contribution in [0.4, 0.5) is 0 Å². The number of thiol groups is 1. The molecule has 1 aliphatic rings. The molecule has 1 rings (SSSR count). The van der Waals surface area contributed by atoms with Crippen LogP contribution in [-0.4, -0.2) is 16.9 Å². The minimum absolute atomic E-state index is 0.684. The van der Waals surface area contributed by atoms with Crippen LogP contribution in [0.5, 0.6) is 0 Å². The summed E-state index contributed by atoms with van der Waals surface area (Å²) in [7, 11) is 0. The Morgan fingerprint density at radius 1 is 1.20 bits per heavy atom. The Morgan fingerprint density at radius 3 is 2.70 bits per heavy atom. The second-order valence-corrected chi connectivity index (χ2v) is 3.73. The third-order valence-electron chi connectivity index (χ3n) is 2.27. The second-order valence-electron chi connectivity index (χ2n) is 3.21. The molecule has 0 spiro atoms. The van der Waals surface area contributed by atoms with Crippen molar-refractivity contribution in [3.63, 3.8) is 0 Å². The maximum atomic E-state index is 4.41. The highest BCUT2D eigenvalue weighted by atomic mass is 32.1. The van der Waals surface area contributed by atoms with E-state index in [-0.39, 0.29) is 0 Å². The van der Waals surface area contributed by atoms with Gasteiger partial charge < -0.3 is 0 Å². The molecule has 0 aromatic carbocycles. The van der Waals surface area contributed by atoms with Crippen molar-refractivity contribution in [3.8, 4) is 0 Å². The third kappa shape index (κ3) is 2.51. The molecule has 1 unspecified atom stereocenters. The highest BCUT2D eigenvalue weighted by Gasteiger charge is 2.11. The zero-order valence-corrected chi connectivity index (χ0v) is 7.61. The van der Waals surface area contributed by atoms with Crippen molar-refractivity contribution in [1.82, 2.24) is 4.31 Å². The lowest BCUT2D eigenvalue weighted by molar-refractivity contribution is 0.319. The van der Waals surface area contributed by atoms with Gasteiger partial charge in [-0.05, 0) is 19.8 Å². The van der Waals surface area contributed by atoms with Gasteiger partial charge in [0.15, 0.2) is 0 Å². The van der Waals surface area contributed by atoms with Crippen molar-refractivity contribution >= 4 is 12.8 Å². The first-order valence-corrected chi connectivity index (χ1v) is 4.66. The summed E-state index contributed by atoms with van der Waals surface area (Å²) < 4.78 is 2.18. The van der Waals surface area contributed by atoms with E-state index in [1.807, 2.05) is 0 Å². The quantitative estimate of drug-likeness (QED) is 0.531. The number of hydrogen-bond donors (Lipinski definition) is 1. The highest BCUT2D eigenvalue weighted by molar-refractivity contribution is 7.77. The zero-order valence-electron chi connectivity index (χ0n) is 6.71. The summed E-state index contributed by atoms with van der Waals surface area (Å²) in [5.41, 5.74) is 0. The van der Waals surface area contributed by atoms with E-state index in [0.29, 0.717) is 6.04 Å². The van der Waals surface area contributed by atoms with E-state index in [4.69, 9.17) is 0 Å². The van der Waals surface area contributed by atoms with Crippen LogP contribution in [0.3, 0.4) is 0 Å². The molecule has 10 heavy (non-hydrogen) atoms. The minimum atomic E-state index is 0.684. The van der Waals surface area contributed by atoms with Crippen LogP contribution >= 0.6 is 12.8 Å². The van der Waals surface area contributed by atoms with Crippen LogP contribution in [0.1, 0.15) is 39.0 Å². The van der Waals surface area contributed by atoms with Gasteiger partial charge in [-0.2, -0.15) is 0 Å². The van der Waals surface area contributed by atoms with Crippen molar-refractivity contribution < 1.29 is 0 Å². The molecule has 0 aromatic rings. The molecule has 0 radical (unpaired) electrons. The Hall–Kier alpha value is 0.310. The summed E-state index contributed by atoms with van der Waals surface area (Å²) in [6.07, 6.45) is 6.85. The standard InChI is InChI=1S/C8H17NS/c1-8-6-4-2-3-5-7-9(8)10/h8,10H,2-7H2,1H3. The molecule has 0 N–H and O–H groups in total. The average Bonchev–Trinajstić information content (AvgIpc) is 1.92. The van der Waals surface area contributed by atoms with Gasteiger partial charge in [0.05, 0.1) is 0 Å². The zero-order chi connectivity index (χ0) is 7.40. The molecule has 0 saturated carbocycles. The molecule has 1 saturated heterocycles. The molecule has 2 heteroatoms. The molecule has 0 bridgehead atoms. The lowest BCUT2D eigenvalue weighted by Gasteiger charge is -2.25. The van der Waals surface area contributed by atoms with Crippen LogP contribution in [0.2, 0.25) is 0 Å². The molecule has 1 aliphatic heterocycles. The summed E-state index contributed by atoms with van der Waals surface area (Å²) in [5.74, 6) is 0. The first-order valence-electron chi connectivity index (χ1n) is 4.26. The van der Waals surface area contributed by atoms with E-state index in [1.54, 1.807) is 0 Å². The van der Waals surface area contributed by atoms with Crippen LogP contribution in [0.25, 0.3) is 0 Å². The van der Waals surface area contributed by atoms with Crippen molar-refractivity contribution in [2.75, 3.05) is 6.54 Å². The van der Waals surface area contributed by atoms with Gasteiger partial charge in [0, 0.05) is 12.6 Å². The van der Waals surface area contributed by atoms with E-state index in [0.717, 1.165) is 0 Å². The molecule has 1 heterocycles. The maximum absolute atomic E-state index is 4.41. The fraction of sp³-hybridized carbons (Fsp3) is 1.00. The molecule has 0 aromatic heterocycles. The average molecular weight is 159 g/mol. The summed E-state index contributed by atoms with van der Waals surface area (Å²) in [6, 6.07) is 0.684. The number of nitrogens with zero attached hydrogens (tertiary/aromatic N) is 1. The smallest absolute Gasteiger partial charge is 0.0171 e. The molecule has 1 nitrogen and oxygen atoms in total. The van der Waals surface area contributed by atoms with E-state index >= 15 is 0 Å². The van der Waals surface area contributed by atoms with Crippen molar-refractivity contribution in [2.24, 2.45) is 0 Å². The highest BCUT2D eigenvalue weighted by Crippen LogP contribution is 2.16. The van der Waals surface area contributed by atoms with E-state index in [9.17, 15) is 0 Å². The topological polar surface area (TPSA) is 3.24 Å². The van der Waals surface area contributed by atoms with E-state index < -0.39 is 0 Å². The summed E-state index contributed by atoms with van der Waals surface area (Å²) in [4.78, 5) is 0. The Morgan fingerprint density at radius 2 is 1.90 bits per heavy atom. The summed E-state index contributed by atoms with van der Waals surface area (Å²) in [5, 5.41) is 0. The van der Waals surface area contributed by atoms with Gasteiger partial charge in [-0.1, -0.05) is 32.1 Å². The molecule has 0 amide bonds. The fourth-order valence-electron chi connectivity index (χ4n) is 1.44. The minimum Gasteiger partial charge on any atom is -0.250 e. The van der Waals surface area contributed by atoms with Gasteiger partial charge in [0.1, 0.15) is 0 Å². The SMILES string of the molecule is CC1CCCCCCN1S. The predicted octanol–water partition coefficient (Wildman–Crippen LogP) is 2.49. The summed E-state index contributed by atoms with van der Waals surface area (Å²) >= 11 is 4.41. The molecule has 0 aliphatic carbocycles. The van der Waals surface area contributed by atoms with Crippen molar-refractivity contribution in [3.05, 3.63) is 0 Å². The molecule has 1 fully saturated rings. The Balaban J connectivity index is 2.28. The molecular formula is C8H17NS. The van der Waals surface area contributed by atoms with Crippen LogP contribution in [-0.2, 0) is 0 Å². The third-order valence-corrected chi connectivity index (χ3v) is 2.86. The molecule has 1 atom stereocenters. The largest absolute Gasteiger partial charge is 0.250 e. The second kappa shape index (κ2) is 4.24.